The quantitative estimate of drug-likeness (QED) is 0.125. The molecule has 0 unspecified atom stereocenters. The zero-order valence-electron chi connectivity index (χ0n) is 20.1. The number of carbonyl (C=O) groups is 2. The molecule has 4 heterocycles. The first-order valence-corrected chi connectivity index (χ1v) is 13.4. The standard InChI is InChI=1S/C24H25N4O6S2/c1-12(29)19-17-9-16(18-10-26-13(2)25(3)22(35-4)23(26)36-18)20(27(17)21(19)30)24(31)34-11-14-5-7-15(8-6-14)28(32)33/h5-8,10,12,17,19,29H,9,11H2,1-4H3/q+1/t12-,17-,19-/m1/s1. The molecule has 36 heavy (non-hydrogen) atoms. The van der Waals surface area contributed by atoms with Gasteiger partial charge in [-0.1, -0.05) is 23.1 Å². The first-order chi connectivity index (χ1) is 17.1. The van der Waals surface area contributed by atoms with E-state index >= 15 is 0 Å². The Morgan fingerprint density at radius 3 is 2.69 bits per heavy atom. The molecule has 10 nitrogen and oxygen atoms in total. The van der Waals surface area contributed by atoms with Crippen LogP contribution in [0.25, 0.3) is 10.4 Å². The second kappa shape index (κ2) is 9.02. The zero-order valence-corrected chi connectivity index (χ0v) is 21.8. The Balaban J connectivity index is 1.49. The topological polar surface area (TPSA) is 118 Å². The van der Waals surface area contributed by atoms with Gasteiger partial charge < -0.3 is 14.7 Å². The van der Waals surface area contributed by atoms with Crippen LogP contribution in [0.15, 0.2) is 41.2 Å². The van der Waals surface area contributed by atoms with E-state index in [2.05, 4.69) is 8.97 Å². The Hall–Kier alpha value is -3.22. The van der Waals surface area contributed by atoms with Crippen LogP contribution >= 0.6 is 23.1 Å². The number of aryl methyl sites for hydroxylation is 1. The van der Waals surface area contributed by atoms with E-state index in [1.165, 1.54) is 29.2 Å². The molecule has 1 fully saturated rings. The van der Waals surface area contributed by atoms with Gasteiger partial charge >= 0.3 is 5.97 Å². The van der Waals surface area contributed by atoms with Gasteiger partial charge in [-0.15, -0.1) is 0 Å². The predicted molar refractivity (Wildman–Crippen MR) is 133 cm³/mol. The number of imidazole rings is 1. The normalized spacial score (nSPS) is 20.0. The van der Waals surface area contributed by atoms with Gasteiger partial charge in [-0.05, 0) is 37.3 Å². The molecule has 1 aromatic carbocycles. The maximum Gasteiger partial charge on any atom is 0.355 e. The predicted octanol–water partition coefficient (Wildman–Crippen LogP) is 2.83. The Morgan fingerprint density at radius 2 is 2.08 bits per heavy atom. The molecule has 0 aliphatic carbocycles. The molecule has 0 saturated carbocycles. The molecule has 0 spiro atoms. The van der Waals surface area contributed by atoms with Crippen LogP contribution in [0.1, 0.15) is 29.6 Å². The van der Waals surface area contributed by atoms with Crippen molar-refractivity contribution >= 4 is 51.1 Å². The highest BCUT2D eigenvalue weighted by molar-refractivity contribution is 7.98. The first kappa shape index (κ1) is 24.5. The number of nitro benzene ring substituents is 1. The molecule has 1 saturated heterocycles. The van der Waals surface area contributed by atoms with Gasteiger partial charge in [0.15, 0.2) is 0 Å². The SMILES string of the molecule is CSc1c2sc(C3=C(C(=O)OCc4ccc([N+](=O)[O-])cc4)N4C(=O)[C@H]([C@@H](C)O)[C@H]4C3)cn2c(C)[n+]1C. The molecular formula is C24H25N4O6S2+. The number of nitro groups is 1. The van der Waals surface area contributed by atoms with Crippen LogP contribution < -0.4 is 4.57 Å². The summed E-state index contributed by atoms with van der Waals surface area (Å²) in [7, 11) is 2.01. The summed E-state index contributed by atoms with van der Waals surface area (Å²) in [4.78, 5) is 40.0. The number of rotatable bonds is 7. The number of β-lactam (4-membered cyclic amide) rings is 1. The molecule has 3 atom stereocenters. The number of amides is 1. The van der Waals surface area contributed by atoms with E-state index in [0.717, 1.165) is 26.1 Å². The lowest BCUT2D eigenvalue weighted by molar-refractivity contribution is -0.711. The molecule has 2 aliphatic heterocycles. The Kier molecular flexibility index (Phi) is 6.13. The minimum absolute atomic E-state index is 0.0496. The van der Waals surface area contributed by atoms with Gasteiger partial charge in [-0.3, -0.25) is 14.9 Å². The molecule has 0 bridgehead atoms. The van der Waals surface area contributed by atoms with E-state index in [4.69, 9.17) is 4.74 Å². The lowest BCUT2D eigenvalue weighted by Crippen LogP contribution is -2.61. The van der Waals surface area contributed by atoms with Crippen molar-refractivity contribution in [1.29, 1.82) is 0 Å². The third-order valence-electron chi connectivity index (χ3n) is 6.92. The Labute approximate surface area is 214 Å². The molecule has 12 heteroatoms. The summed E-state index contributed by atoms with van der Waals surface area (Å²) in [6.45, 7) is 3.53. The monoisotopic (exact) mass is 529 g/mol. The minimum Gasteiger partial charge on any atom is -0.456 e. The number of non-ortho nitro benzene ring substituents is 1. The van der Waals surface area contributed by atoms with Crippen molar-refractivity contribution in [2.24, 2.45) is 13.0 Å². The maximum absolute atomic E-state index is 13.3. The summed E-state index contributed by atoms with van der Waals surface area (Å²) >= 11 is 3.20. The van der Waals surface area contributed by atoms with E-state index < -0.39 is 22.9 Å². The fraction of sp³-hybridized carbons (Fsp3) is 0.375. The van der Waals surface area contributed by atoms with E-state index in [1.54, 1.807) is 30.0 Å². The van der Waals surface area contributed by atoms with Gasteiger partial charge in [-0.25, -0.2) is 9.36 Å². The van der Waals surface area contributed by atoms with Gasteiger partial charge in [0.1, 0.15) is 18.5 Å². The summed E-state index contributed by atoms with van der Waals surface area (Å²) in [5.74, 6) is -0.442. The van der Waals surface area contributed by atoms with Crippen molar-refractivity contribution in [2.45, 2.75) is 44.0 Å². The van der Waals surface area contributed by atoms with Crippen molar-refractivity contribution < 1.29 is 28.9 Å². The number of hydrogen-bond donors (Lipinski definition) is 1. The number of aliphatic hydroxyl groups is 1. The first-order valence-electron chi connectivity index (χ1n) is 11.3. The molecule has 2 aliphatic rings. The number of aromatic nitrogens is 2. The smallest absolute Gasteiger partial charge is 0.355 e. The van der Waals surface area contributed by atoms with Crippen molar-refractivity contribution in [3.8, 4) is 0 Å². The molecule has 0 radical (unpaired) electrons. The van der Waals surface area contributed by atoms with Crippen LogP contribution in [0.2, 0.25) is 0 Å². The number of esters is 1. The Morgan fingerprint density at radius 1 is 1.39 bits per heavy atom. The number of fused-ring (bicyclic) bond motifs is 2. The molecule has 2 aromatic heterocycles. The molecule has 188 valence electrons. The number of thioether (sulfide) groups is 1. The molecular weight excluding hydrogens is 504 g/mol. The molecule has 3 aromatic rings. The summed E-state index contributed by atoms with van der Waals surface area (Å²) in [5, 5.41) is 22.1. The minimum atomic E-state index is -0.821. The number of ether oxygens (including phenoxy) is 1. The van der Waals surface area contributed by atoms with Gasteiger partial charge in [0.2, 0.25) is 15.8 Å². The average molecular weight is 530 g/mol. The van der Waals surface area contributed by atoms with E-state index in [1.807, 2.05) is 26.4 Å². The highest BCUT2D eigenvalue weighted by Gasteiger charge is 2.57. The third kappa shape index (κ3) is 3.71. The van der Waals surface area contributed by atoms with Gasteiger partial charge in [0.25, 0.3) is 11.5 Å². The second-order valence-corrected chi connectivity index (χ2v) is 10.8. The van der Waals surface area contributed by atoms with Gasteiger partial charge in [-0.2, -0.15) is 4.40 Å². The van der Waals surface area contributed by atoms with Crippen LogP contribution in [0.5, 0.6) is 0 Å². The van der Waals surface area contributed by atoms with Crippen molar-refractivity contribution in [2.75, 3.05) is 6.26 Å². The fourth-order valence-electron chi connectivity index (χ4n) is 4.97. The van der Waals surface area contributed by atoms with E-state index in [-0.39, 0.29) is 29.9 Å². The average Bonchev–Trinajstić information content (AvgIpc) is 3.48. The largest absolute Gasteiger partial charge is 0.456 e. The van der Waals surface area contributed by atoms with Crippen molar-refractivity contribution in [3.05, 3.63) is 62.5 Å². The summed E-state index contributed by atoms with van der Waals surface area (Å²) in [6, 6.07) is 5.47. The Bertz CT molecular complexity index is 1440. The fourth-order valence-corrected chi connectivity index (χ4v) is 7.20. The molecule has 5 rings (SSSR count). The summed E-state index contributed by atoms with van der Waals surface area (Å²) < 4.78 is 9.77. The van der Waals surface area contributed by atoms with Crippen LogP contribution in [0.3, 0.4) is 0 Å². The van der Waals surface area contributed by atoms with Crippen LogP contribution in [-0.2, 0) is 28.0 Å². The lowest BCUT2D eigenvalue weighted by atomic mass is 9.83. The maximum atomic E-state index is 13.3. The van der Waals surface area contributed by atoms with Crippen LogP contribution in [0.4, 0.5) is 5.69 Å². The highest BCUT2D eigenvalue weighted by atomic mass is 32.2. The third-order valence-corrected chi connectivity index (χ3v) is 9.06. The lowest BCUT2D eigenvalue weighted by Gasteiger charge is -2.44. The zero-order chi connectivity index (χ0) is 25.9. The molecule has 1 amide bonds. The molecule has 1 N–H and O–H groups in total. The van der Waals surface area contributed by atoms with Gasteiger partial charge in [0.05, 0.1) is 34.9 Å². The summed E-state index contributed by atoms with van der Waals surface area (Å²) in [5.41, 5.74) is 1.49. The van der Waals surface area contributed by atoms with Crippen LogP contribution in [0, 0.1) is 23.0 Å². The number of thiazole rings is 1. The highest BCUT2D eigenvalue weighted by Crippen LogP contribution is 2.48. The second-order valence-electron chi connectivity index (χ2n) is 8.96. The number of benzene rings is 1. The number of hydrogen-bond acceptors (Lipinski definition) is 8. The number of carbonyl (C=O) groups excluding carboxylic acids is 2. The van der Waals surface area contributed by atoms with Crippen LogP contribution in [-0.4, -0.2) is 49.6 Å². The van der Waals surface area contributed by atoms with Crippen molar-refractivity contribution in [1.82, 2.24) is 9.30 Å². The van der Waals surface area contributed by atoms with E-state index in [9.17, 15) is 24.8 Å². The number of nitrogens with zero attached hydrogens (tertiary/aromatic N) is 4. The van der Waals surface area contributed by atoms with E-state index in [0.29, 0.717) is 12.0 Å². The van der Waals surface area contributed by atoms with Crippen molar-refractivity contribution in [3.63, 3.8) is 0 Å². The van der Waals surface area contributed by atoms with Gasteiger partial charge in [0, 0.05) is 24.6 Å². The summed E-state index contributed by atoms with van der Waals surface area (Å²) in [6.07, 6.45) is 3.63. The number of aliphatic hydroxyl groups excluding tert-OH is 1.